The first-order valence-electron chi connectivity index (χ1n) is 11.6. The van der Waals surface area contributed by atoms with Crippen molar-refractivity contribution in [2.24, 2.45) is 0 Å². The second-order valence-electron chi connectivity index (χ2n) is 7.99. The van der Waals surface area contributed by atoms with E-state index >= 15 is 0 Å². The third kappa shape index (κ3) is 8.90. The summed E-state index contributed by atoms with van der Waals surface area (Å²) in [6.07, 6.45) is 0.796. The maximum Gasteiger partial charge on any atom is 0.151 e. The van der Waals surface area contributed by atoms with Crippen molar-refractivity contribution in [2.45, 2.75) is 19.8 Å². The van der Waals surface area contributed by atoms with E-state index in [2.05, 4.69) is 31.9 Å². The molecule has 0 fully saturated rings. The highest BCUT2D eigenvalue weighted by Crippen LogP contribution is 2.24. The average molecular weight is 644 g/mol. The van der Waals surface area contributed by atoms with E-state index in [1.807, 2.05) is 72.8 Å². The van der Waals surface area contributed by atoms with Crippen molar-refractivity contribution in [1.82, 2.24) is 0 Å². The smallest absolute Gasteiger partial charge is 0.151 e. The molecule has 6 nitrogen and oxygen atoms in total. The molecule has 38 heavy (non-hydrogen) atoms. The molecule has 0 heterocycles. The van der Waals surface area contributed by atoms with Crippen LogP contribution < -0.4 is 18.9 Å². The first-order chi connectivity index (χ1) is 18.4. The summed E-state index contributed by atoms with van der Waals surface area (Å²) in [7, 11) is 3.28. The largest absolute Gasteiger partial charge is 0.497 e. The highest BCUT2D eigenvalue weighted by Gasteiger charge is 2.03. The van der Waals surface area contributed by atoms with Gasteiger partial charge in [0, 0.05) is 14.5 Å². The molecule has 0 radical (unpaired) electrons. The molecule has 198 valence electrons. The number of ether oxygens (including phenoxy) is 4. The van der Waals surface area contributed by atoms with Gasteiger partial charge in [-0.05, 0) is 77.4 Å². The molecule has 4 rings (SSSR count). The van der Waals surface area contributed by atoms with Crippen molar-refractivity contribution in [3.05, 3.63) is 116 Å². The Morgan fingerprint density at radius 1 is 0.658 bits per heavy atom. The minimum atomic E-state index is -0.0136. The molecule has 0 bridgehead atoms. The highest BCUT2D eigenvalue weighted by molar-refractivity contribution is 9.10. The lowest BCUT2D eigenvalue weighted by molar-refractivity contribution is 0.112. The Hall–Kier alpha value is -3.33. The second kappa shape index (κ2) is 15.2. The molecule has 1 N–H and O–H groups in total. The van der Waals surface area contributed by atoms with E-state index in [4.69, 9.17) is 18.9 Å². The lowest BCUT2D eigenvalue weighted by Gasteiger charge is -2.09. The topological polar surface area (TPSA) is 74.2 Å². The van der Waals surface area contributed by atoms with E-state index in [1.54, 1.807) is 26.4 Å². The van der Waals surface area contributed by atoms with Gasteiger partial charge in [-0.1, -0.05) is 56.1 Å². The van der Waals surface area contributed by atoms with Crippen LogP contribution in [0.25, 0.3) is 0 Å². The van der Waals surface area contributed by atoms with E-state index in [9.17, 15) is 9.90 Å². The fourth-order valence-corrected chi connectivity index (χ4v) is 3.95. The Labute approximate surface area is 239 Å². The van der Waals surface area contributed by atoms with Crippen molar-refractivity contribution in [2.75, 3.05) is 14.2 Å². The SMILES string of the molecule is COc1ccc(COc2ccc(Br)c(C=O)c2)cc1.COc1ccc(COc2ccc(Br)c(CO)c2)cc1. The standard InChI is InChI=1S/C15H15BrO3.C15H13BrO3/c2*1-18-13-4-2-11(3-5-13)10-19-14-6-7-15(16)12(8-14)9-17/h2-8,17H,9-10H2,1H3;2-9H,10H2,1H3. The molecule has 0 saturated carbocycles. The van der Waals surface area contributed by atoms with Gasteiger partial charge in [0.25, 0.3) is 0 Å². The van der Waals surface area contributed by atoms with E-state index in [-0.39, 0.29) is 6.61 Å². The number of carbonyl (C=O) groups is 1. The predicted molar refractivity (Wildman–Crippen MR) is 154 cm³/mol. The van der Waals surface area contributed by atoms with Crippen LogP contribution in [0.2, 0.25) is 0 Å². The number of hydrogen-bond donors (Lipinski definition) is 1. The van der Waals surface area contributed by atoms with Gasteiger partial charge >= 0.3 is 0 Å². The number of rotatable bonds is 10. The van der Waals surface area contributed by atoms with Crippen LogP contribution in [0.15, 0.2) is 93.9 Å². The monoisotopic (exact) mass is 642 g/mol. The summed E-state index contributed by atoms with van der Waals surface area (Å²) >= 11 is 6.67. The maximum absolute atomic E-state index is 10.8. The molecule has 0 aliphatic rings. The molecule has 0 atom stereocenters. The van der Waals surface area contributed by atoms with Crippen LogP contribution >= 0.6 is 31.9 Å². The van der Waals surface area contributed by atoms with Gasteiger partial charge in [-0.2, -0.15) is 0 Å². The van der Waals surface area contributed by atoms with Gasteiger partial charge in [0.15, 0.2) is 6.29 Å². The number of aliphatic hydroxyl groups is 1. The van der Waals surface area contributed by atoms with Crippen molar-refractivity contribution >= 4 is 38.1 Å². The number of methoxy groups -OCH3 is 2. The number of benzene rings is 4. The summed E-state index contributed by atoms with van der Waals surface area (Å²) in [6.45, 7) is 0.917. The quantitative estimate of drug-likeness (QED) is 0.182. The predicted octanol–water partition coefficient (Wildman–Crippen LogP) is 7.38. The second-order valence-corrected chi connectivity index (χ2v) is 9.69. The number of aldehydes is 1. The third-order valence-corrected chi connectivity index (χ3v) is 6.91. The van der Waals surface area contributed by atoms with Crippen molar-refractivity contribution in [3.8, 4) is 23.0 Å². The summed E-state index contributed by atoms with van der Waals surface area (Å²) in [6, 6.07) is 26.3. The average Bonchev–Trinajstić information content (AvgIpc) is 2.97. The van der Waals surface area contributed by atoms with Crippen LogP contribution in [0.1, 0.15) is 27.0 Å². The summed E-state index contributed by atoms with van der Waals surface area (Å²) in [5, 5.41) is 9.19. The van der Waals surface area contributed by atoms with Crippen LogP contribution in [0.3, 0.4) is 0 Å². The van der Waals surface area contributed by atoms with E-state index < -0.39 is 0 Å². The third-order valence-electron chi connectivity index (χ3n) is 5.41. The van der Waals surface area contributed by atoms with E-state index in [0.29, 0.717) is 24.5 Å². The number of halogens is 2. The highest BCUT2D eigenvalue weighted by atomic mass is 79.9. The van der Waals surface area contributed by atoms with Crippen LogP contribution in [0.5, 0.6) is 23.0 Å². The summed E-state index contributed by atoms with van der Waals surface area (Å²) < 4.78 is 23.2. The molecule has 0 aliphatic heterocycles. The number of carbonyl (C=O) groups excluding carboxylic acids is 1. The molecule has 0 amide bonds. The molecule has 0 unspecified atom stereocenters. The first kappa shape index (κ1) is 29.2. The van der Waals surface area contributed by atoms with Gasteiger partial charge in [0.05, 0.1) is 20.8 Å². The van der Waals surface area contributed by atoms with Gasteiger partial charge < -0.3 is 24.1 Å². The molecule has 8 heteroatoms. The Kier molecular flexibility index (Phi) is 11.7. The summed E-state index contributed by atoms with van der Waals surface area (Å²) in [4.78, 5) is 10.8. The van der Waals surface area contributed by atoms with Gasteiger partial charge in [-0.15, -0.1) is 0 Å². The van der Waals surface area contributed by atoms with Crippen LogP contribution in [0.4, 0.5) is 0 Å². The molecule has 0 aromatic heterocycles. The van der Waals surface area contributed by atoms with Crippen LogP contribution in [-0.2, 0) is 19.8 Å². The maximum atomic E-state index is 10.8. The fraction of sp³-hybridized carbons (Fsp3) is 0.167. The lowest BCUT2D eigenvalue weighted by Crippen LogP contribution is -1.96. The van der Waals surface area contributed by atoms with Crippen LogP contribution in [-0.4, -0.2) is 25.6 Å². The normalized spacial score (nSPS) is 10.1. The lowest BCUT2D eigenvalue weighted by atomic mass is 10.2. The van der Waals surface area contributed by atoms with E-state index in [0.717, 1.165) is 49.2 Å². The van der Waals surface area contributed by atoms with Crippen molar-refractivity contribution < 1.29 is 28.8 Å². The minimum absolute atomic E-state index is 0.0136. The van der Waals surface area contributed by atoms with Gasteiger partial charge in [0.2, 0.25) is 0 Å². The van der Waals surface area contributed by atoms with Gasteiger partial charge in [0.1, 0.15) is 36.2 Å². The van der Waals surface area contributed by atoms with Gasteiger partial charge in [-0.25, -0.2) is 0 Å². The van der Waals surface area contributed by atoms with Gasteiger partial charge in [-0.3, -0.25) is 4.79 Å². The molecular weight excluding hydrogens is 616 g/mol. The zero-order chi connectivity index (χ0) is 27.3. The zero-order valence-corrected chi connectivity index (χ0v) is 24.2. The minimum Gasteiger partial charge on any atom is -0.497 e. The first-order valence-corrected chi connectivity index (χ1v) is 13.2. The van der Waals surface area contributed by atoms with Crippen molar-refractivity contribution in [1.29, 1.82) is 0 Å². The Bertz CT molecular complexity index is 1310. The molecule has 0 aliphatic carbocycles. The number of hydrogen-bond acceptors (Lipinski definition) is 6. The molecule has 0 saturated heterocycles. The molecule has 4 aromatic carbocycles. The molecule has 4 aromatic rings. The summed E-state index contributed by atoms with van der Waals surface area (Å²) in [5.74, 6) is 3.05. The summed E-state index contributed by atoms with van der Waals surface area (Å²) in [5.41, 5.74) is 3.49. The zero-order valence-electron chi connectivity index (χ0n) is 21.0. The molecular formula is C30H28Br2O6. The van der Waals surface area contributed by atoms with Crippen molar-refractivity contribution in [3.63, 3.8) is 0 Å². The number of aliphatic hydroxyl groups excluding tert-OH is 1. The van der Waals surface area contributed by atoms with Crippen LogP contribution in [0, 0.1) is 0 Å². The molecule has 0 spiro atoms. The Morgan fingerprint density at radius 3 is 1.55 bits per heavy atom. The Morgan fingerprint density at radius 2 is 1.11 bits per heavy atom. The fourth-order valence-electron chi connectivity index (χ4n) is 3.24. The Balaban J connectivity index is 0.000000211. The van der Waals surface area contributed by atoms with E-state index in [1.165, 1.54) is 0 Å².